The summed E-state index contributed by atoms with van der Waals surface area (Å²) in [6, 6.07) is 8.61. The summed E-state index contributed by atoms with van der Waals surface area (Å²) in [7, 11) is 1.68. The van der Waals surface area contributed by atoms with Crippen LogP contribution in [-0.2, 0) is 6.42 Å². The Kier molecular flexibility index (Phi) is 9.27. The van der Waals surface area contributed by atoms with Crippen LogP contribution in [0.5, 0.6) is 5.75 Å². The monoisotopic (exact) mass is 417 g/mol. The maximum Gasteiger partial charge on any atom is 0.188 e. The summed E-state index contributed by atoms with van der Waals surface area (Å²) in [5.74, 6) is 1.48. The second-order valence-corrected chi connectivity index (χ2v) is 5.70. The van der Waals surface area contributed by atoms with Crippen LogP contribution in [-0.4, -0.2) is 25.7 Å². The Bertz CT molecular complexity index is 440. The Labute approximate surface area is 150 Å². The molecule has 0 saturated heterocycles. The van der Waals surface area contributed by atoms with Crippen molar-refractivity contribution in [1.29, 1.82) is 0 Å². The summed E-state index contributed by atoms with van der Waals surface area (Å²) in [6.07, 6.45) is 8.65. The second-order valence-electron chi connectivity index (χ2n) is 5.70. The minimum atomic E-state index is 0. The number of nitrogens with zero attached hydrogens (tertiary/aromatic N) is 1. The van der Waals surface area contributed by atoms with Gasteiger partial charge in [0.2, 0.25) is 0 Å². The molecule has 3 N–H and O–H groups in total. The molecular formula is C17H28IN3O. The fraction of sp³-hybridized carbons (Fsp3) is 0.588. The average Bonchev–Trinajstić information content (AvgIpc) is 2.76. The van der Waals surface area contributed by atoms with Crippen LogP contribution in [0.4, 0.5) is 0 Å². The lowest BCUT2D eigenvalue weighted by Gasteiger charge is -2.16. The highest BCUT2D eigenvalue weighted by atomic mass is 127. The number of hydrogen-bond donors (Lipinski definition) is 2. The smallest absolute Gasteiger partial charge is 0.188 e. The normalized spacial score (nSPS) is 16.5. The first-order valence-corrected chi connectivity index (χ1v) is 7.97. The van der Waals surface area contributed by atoms with Gasteiger partial charge in [-0.05, 0) is 37.0 Å². The van der Waals surface area contributed by atoms with Gasteiger partial charge in [-0.15, -0.1) is 24.0 Å². The number of aliphatic imine (C=N–C) groups is 1. The van der Waals surface area contributed by atoms with Crippen molar-refractivity contribution in [3.05, 3.63) is 29.8 Å². The highest BCUT2D eigenvalue weighted by Gasteiger charge is 2.11. The van der Waals surface area contributed by atoms with Crippen LogP contribution in [0.3, 0.4) is 0 Å². The molecular weight excluding hydrogens is 389 g/mol. The van der Waals surface area contributed by atoms with E-state index in [1.54, 1.807) is 7.11 Å². The van der Waals surface area contributed by atoms with E-state index in [0.29, 0.717) is 12.0 Å². The number of nitrogens with two attached hydrogens (primary N) is 1. The van der Waals surface area contributed by atoms with E-state index in [9.17, 15) is 0 Å². The number of hydrogen-bond acceptors (Lipinski definition) is 2. The fourth-order valence-corrected chi connectivity index (χ4v) is 2.78. The second kappa shape index (κ2) is 10.7. The van der Waals surface area contributed by atoms with Crippen molar-refractivity contribution in [1.82, 2.24) is 5.32 Å². The van der Waals surface area contributed by atoms with Gasteiger partial charge in [0.15, 0.2) is 5.96 Å². The molecule has 0 bridgehead atoms. The van der Waals surface area contributed by atoms with Gasteiger partial charge in [0.25, 0.3) is 0 Å². The molecule has 0 aliphatic heterocycles. The van der Waals surface area contributed by atoms with Gasteiger partial charge >= 0.3 is 0 Å². The molecule has 0 amide bonds. The molecule has 1 fully saturated rings. The Morgan fingerprint density at radius 2 is 1.82 bits per heavy atom. The minimum absolute atomic E-state index is 0. The van der Waals surface area contributed by atoms with Crippen LogP contribution in [0.15, 0.2) is 29.3 Å². The topological polar surface area (TPSA) is 59.6 Å². The zero-order valence-corrected chi connectivity index (χ0v) is 15.7. The first-order valence-electron chi connectivity index (χ1n) is 7.97. The third-order valence-electron chi connectivity index (χ3n) is 4.05. The largest absolute Gasteiger partial charge is 0.497 e. The number of methoxy groups -OCH3 is 1. The molecule has 0 spiro atoms. The lowest BCUT2D eigenvalue weighted by atomic mass is 10.1. The molecule has 0 atom stereocenters. The maximum absolute atomic E-state index is 5.98. The number of rotatable bonds is 5. The van der Waals surface area contributed by atoms with Gasteiger partial charge in [0.05, 0.1) is 7.11 Å². The van der Waals surface area contributed by atoms with E-state index in [1.165, 1.54) is 44.1 Å². The number of halogens is 1. The predicted molar refractivity (Wildman–Crippen MR) is 103 cm³/mol. The van der Waals surface area contributed by atoms with Gasteiger partial charge in [-0.25, -0.2) is 0 Å². The Morgan fingerprint density at radius 1 is 1.18 bits per heavy atom. The molecule has 2 rings (SSSR count). The van der Waals surface area contributed by atoms with Crippen molar-refractivity contribution < 1.29 is 4.74 Å². The van der Waals surface area contributed by atoms with Crippen molar-refractivity contribution in [2.75, 3.05) is 13.7 Å². The molecule has 124 valence electrons. The van der Waals surface area contributed by atoms with Crippen molar-refractivity contribution in [2.45, 2.75) is 51.0 Å². The molecule has 1 aromatic rings. The summed E-state index contributed by atoms with van der Waals surface area (Å²) in [5.41, 5.74) is 7.24. The molecule has 0 heterocycles. The molecule has 22 heavy (non-hydrogen) atoms. The highest BCUT2D eigenvalue weighted by molar-refractivity contribution is 14.0. The van der Waals surface area contributed by atoms with Crippen molar-refractivity contribution in [3.8, 4) is 5.75 Å². The molecule has 0 radical (unpaired) electrons. The molecule has 4 nitrogen and oxygen atoms in total. The zero-order valence-electron chi connectivity index (χ0n) is 13.4. The summed E-state index contributed by atoms with van der Waals surface area (Å²) < 4.78 is 5.15. The minimum Gasteiger partial charge on any atom is -0.497 e. The SMILES string of the molecule is COc1ccc(CCN=C(N)NC2CCCCCC2)cc1.I. The maximum atomic E-state index is 5.98. The van der Waals surface area contributed by atoms with E-state index < -0.39 is 0 Å². The van der Waals surface area contributed by atoms with E-state index in [0.717, 1.165) is 18.7 Å². The zero-order chi connectivity index (χ0) is 14.9. The molecule has 1 aliphatic rings. The van der Waals surface area contributed by atoms with Crippen molar-refractivity contribution in [3.63, 3.8) is 0 Å². The molecule has 1 aromatic carbocycles. The van der Waals surface area contributed by atoms with E-state index >= 15 is 0 Å². The van der Waals surface area contributed by atoms with Crippen LogP contribution in [0.25, 0.3) is 0 Å². The molecule has 1 aliphatic carbocycles. The van der Waals surface area contributed by atoms with Gasteiger partial charge in [-0.3, -0.25) is 4.99 Å². The van der Waals surface area contributed by atoms with Crippen molar-refractivity contribution in [2.24, 2.45) is 10.7 Å². The highest BCUT2D eigenvalue weighted by Crippen LogP contribution is 2.17. The summed E-state index contributed by atoms with van der Waals surface area (Å²) >= 11 is 0. The summed E-state index contributed by atoms with van der Waals surface area (Å²) in [6.45, 7) is 0.720. The van der Waals surface area contributed by atoms with Gasteiger partial charge in [0, 0.05) is 12.6 Å². The van der Waals surface area contributed by atoms with Crippen molar-refractivity contribution >= 4 is 29.9 Å². The van der Waals surface area contributed by atoms with Crippen LogP contribution in [0.2, 0.25) is 0 Å². The number of nitrogens with one attached hydrogen (secondary N) is 1. The van der Waals surface area contributed by atoms with Gasteiger partial charge < -0.3 is 15.8 Å². The van der Waals surface area contributed by atoms with Gasteiger partial charge in [-0.2, -0.15) is 0 Å². The molecule has 0 aromatic heterocycles. The summed E-state index contributed by atoms with van der Waals surface area (Å²) in [4.78, 5) is 4.44. The summed E-state index contributed by atoms with van der Waals surface area (Å²) in [5, 5.41) is 3.37. The first-order chi connectivity index (χ1) is 10.3. The standard InChI is InChI=1S/C17H27N3O.HI/c1-21-16-10-8-14(9-11-16)12-13-19-17(18)20-15-6-4-2-3-5-7-15;/h8-11,15H,2-7,12-13H2,1H3,(H3,18,19,20);1H. The lowest BCUT2D eigenvalue weighted by Crippen LogP contribution is -2.40. The Balaban J connectivity index is 0.00000242. The van der Waals surface area contributed by atoms with E-state index in [2.05, 4.69) is 22.4 Å². The molecule has 0 unspecified atom stereocenters. The Morgan fingerprint density at radius 3 is 2.41 bits per heavy atom. The van der Waals surface area contributed by atoms with Crippen LogP contribution < -0.4 is 15.8 Å². The van der Waals surface area contributed by atoms with Crippen LogP contribution >= 0.6 is 24.0 Å². The first kappa shape index (κ1) is 19.1. The third kappa shape index (κ3) is 6.85. The number of ether oxygens (including phenoxy) is 1. The predicted octanol–water partition coefficient (Wildman–Crippen LogP) is 3.48. The van der Waals surface area contributed by atoms with Gasteiger partial charge in [0.1, 0.15) is 5.75 Å². The van der Waals surface area contributed by atoms with Gasteiger partial charge in [-0.1, -0.05) is 37.8 Å². The molecule has 5 heteroatoms. The van der Waals surface area contributed by atoms with E-state index in [4.69, 9.17) is 10.5 Å². The Hall–Kier alpha value is -0.980. The molecule has 1 saturated carbocycles. The van der Waals surface area contributed by atoms with Crippen LogP contribution in [0.1, 0.15) is 44.1 Å². The fourth-order valence-electron chi connectivity index (χ4n) is 2.78. The lowest BCUT2D eigenvalue weighted by molar-refractivity contribution is 0.414. The third-order valence-corrected chi connectivity index (χ3v) is 4.05. The van der Waals surface area contributed by atoms with Crippen LogP contribution in [0, 0.1) is 0 Å². The van der Waals surface area contributed by atoms with E-state index in [-0.39, 0.29) is 24.0 Å². The quantitative estimate of drug-likeness (QED) is 0.334. The average molecular weight is 417 g/mol. The number of guanidine groups is 1. The number of benzene rings is 1. The van der Waals surface area contributed by atoms with E-state index in [1.807, 2.05) is 12.1 Å².